The van der Waals surface area contributed by atoms with Gasteiger partial charge in [0.15, 0.2) is 0 Å². The minimum absolute atomic E-state index is 0.0711. The Morgan fingerprint density at radius 1 is 1.13 bits per heavy atom. The zero-order chi connectivity index (χ0) is 27.6. The number of carbonyl (C=O) groups excluding carboxylic acids is 3. The van der Waals surface area contributed by atoms with E-state index in [1.807, 2.05) is 0 Å². The van der Waals surface area contributed by atoms with Crippen LogP contribution >= 0.6 is 11.3 Å². The van der Waals surface area contributed by atoms with E-state index in [1.165, 1.54) is 39.9 Å². The Morgan fingerprint density at radius 3 is 2.37 bits per heavy atom. The first-order chi connectivity index (χ1) is 18.0. The average molecular weight is 563 g/mol. The number of nitrogens with two attached hydrogens (primary N) is 1. The highest BCUT2D eigenvalue weighted by Crippen LogP contribution is 2.37. The van der Waals surface area contributed by atoms with Gasteiger partial charge >= 0.3 is 5.97 Å². The number of nitrogens with zero attached hydrogens (tertiary/aromatic N) is 2. The van der Waals surface area contributed by atoms with Gasteiger partial charge in [0.2, 0.25) is 10.0 Å². The molecular formula is C26H34N4O6S2. The van der Waals surface area contributed by atoms with Gasteiger partial charge in [-0.2, -0.15) is 4.31 Å². The van der Waals surface area contributed by atoms with Crippen LogP contribution in [0.25, 0.3) is 0 Å². The molecule has 1 fully saturated rings. The van der Waals surface area contributed by atoms with Crippen LogP contribution in [0, 0.1) is 5.92 Å². The molecule has 2 amide bonds. The second kappa shape index (κ2) is 11.5. The Bertz CT molecular complexity index is 1310. The molecule has 206 valence electrons. The predicted molar refractivity (Wildman–Crippen MR) is 145 cm³/mol. The summed E-state index contributed by atoms with van der Waals surface area (Å²) in [6, 6.07) is 6.06. The lowest BCUT2D eigenvalue weighted by atomic mass is 9.98. The van der Waals surface area contributed by atoms with E-state index < -0.39 is 21.8 Å². The first-order valence-electron chi connectivity index (χ1n) is 12.8. The van der Waals surface area contributed by atoms with Crippen LogP contribution in [0.15, 0.2) is 29.2 Å². The molecule has 3 heterocycles. The average Bonchev–Trinajstić information content (AvgIpc) is 3.26. The van der Waals surface area contributed by atoms with Crippen molar-refractivity contribution in [3.63, 3.8) is 0 Å². The van der Waals surface area contributed by atoms with Crippen molar-refractivity contribution in [2.75, 3.05) is 31.6 Å². The summed E-state index contributed by atoms with van der Waals surface area (Å²) >= 11 is 1.36. The molecule has 1 aromatic heterocycles. The molecule has 4 rings (SSSR count). The molecular weight excluding hydrogens is 528 g/mol. The number of sulfonamides is 1. The molecule has 3 N–H and O–H groups in total. The number of hydrogen-bond acceptors (Lipinski definition) is 8. The molecule has 12 heteroatoms. The van der Waals surface area contributed by atoms with Crippen LogP contribution in [0.3, 0.4) is 0 Å². The Labute approximate surface area is 227 Å². The summed E-state index contributed by atoms with van der Waals surface area (Å²) in [5, 5.41) is 3.23. The molecule has 0 bridgehead atoms. The maximum Gasteiger partial charge on any atom is 0.309 e. The predicted octanol–water partition coefficient (Wildman–Crippen LogP) is 2.83. The summed E-state index contributed by atoms with van der Waals surface area (Å²) in [5.74, 6) is -1.62. The number of amides is 2. The van der Waals surface area contributed by atoms with E-state index in [0.717, 1.165) is 17.0 Å². The van der Waals surface area contributed by atoms with Crippen LogP contribution in [0.2, 0.25) is 0 Å². The van der Waals surface area contributed by atoms with Crippen molar-refractivity contribution in [2.45, 2.75) is 57.5 Å². The molecule has 0 aliphatic carbocycles. The number of piperidine rings is 1. The molecule has 2 aliphatic heterocycles. The number of rotatable bonds is 8. The van der Waals surface area contributed by atoms with E-state index in [1.54, 1.807) is 6.92 Å². The first-order valence-corrected chi connectivity index (χ1v) is 15.0. The third-order valence-electron chi connectivity index (χ3n) is 7.12. The van der Waals surface area contributed by atoms with Crippen LogP contribution in [-0.2, 0) is 32.5 Å². The van der Waals surface area contributed by atoms with E-state index >= 15 is 0 Å². The number of benzene rings is 1. The summed E-state index contributed by atoms with van der Waals surface area (Å²) in [6.45, 7) is 8.22. The Hall–Kier alpha value is -2.80. The van der Waals surface area contributed by atoms with Crippen LogP contribution in [-0.4, -0.2) is 67.7 Å². The van der Waals surface area contributed by atoms with Crippen molar-refractivity contribution in [1.82, 2.24) is 9.21 Å². The molecule has 10 nitrogen and oxygen atoms in total. The van der Waals surface area contributed by atoms with Gasteiger partial charge in [-0.3, -0.25) is 19.3 Å². The molecule has 2 aromatic rings. The summed E-state index contributed by atoms with van der Waals surface area (Å²) in [7, 11) is -3.77. The standard InChI is InChI=1S/C26H34N4O6S2/c1-4-36-26(33)18-9-13-30(14-10-18)38(34,35)19-7-5-17(6-8-19)24(32)28-25-22(23(27)31)20-11-12-29(16(2)3)15-21(20)37-25/h5-8,16,18H,4,9-15H2,1-3H3,(H2,27,31)(H,28,32). The van der Waals surface area contributed by atoms with Crippen molar-refractivity contribution < 1.29 is 27.5 Å². The summed E-state index contributed by atoms with van der Waals surface area (Å²) in [5.41, 5.74) is 7.18. The molecule has 0 atom stereocenters. The van der Waals surface area contributed by atoms with Gasteiger partial charge in [-0.25, -0.2) is 8.42 Å². The number of nitrogens with one attached hydrogen (secondary N) is 1. The zero-order valence-electron chi connectivity index (χ0n) is 21.9. The molecule has 38 heavy (non-hydrogen) atoms. The van der Waals surface area contributed by atoms with Crippen LogP contribution < -0.4 is 11.1 Å². The normalized spacial score (nSPS) is 17.3. The summed E-state index contributed by atoms with van der Waals surface area (Å²) in [4.78, 5) is 40.6. The Kier molecular flexibility index (Phi) is 8.55. The second-order valence-electron chi connectivity index (χ2n) is 9.80. The van der Waals surface area contributed by atoms with Crippen LogP contribution in [0.1, 0.15) is 64.8 Å². The van der Waals surface area contributed by atoms with Crippen molar-refractivity contribution in [1.29, 1.82) is 0 Å². The number of fused-ring (bicyclic) bond motifs is 1. The van der Waals surface area contributed by atoms with Crippen molar-refractivity contribution in [3.05, 3.63) is 45.8 Å². The fourth-order valence-corrected chi connectivity index (χ4v) is 7.65. The maximum atomic E-state index is 13.1. The van der Waals surface area contributed by atoms with Crippen molar-refractivity contribution in [3.8, 4) is 0 Å². The van der Waals surface area contributed by atoms with Gasteiger partial charge in [0.1, 0.15) is 5.00 Å². The number of primary amides is 1. The van der Waals surface area contributed by atoms with E-state index in [4.69, 9.17) is 10.5 Å². The molecule has 1 saturated heterocycles. The van der Waals surface area contributed by atoms with Gasteiger partial charge in [0, 0.05) is 42.7 Å². The quantitative estimate of drug-likeness (QED) is 0.472. The topological polar surface area (TPSA) is 139 Å². The van der Waals surface area contributed by atoms with E-state index in [-0.39, 0.29) is 35.4 Å². The number of ether oxygens (including phenoxy) is 1. The fourth-order valence-electron chi connectivity index (χ4n) is 4.91. The lowest BCUT2D eigenvalue weighted by Gasteiger charge is -2.30. The highest BCUT2D eigenvalue weighted by Gasteiger charge is 2.33. The maximum absolute atomic E-state index is 13.1. The Balaban J connectivity index is 1.45. The number of anilines is 1. The molecule has 1 aromatic carbocycles. The van der Waals surface area contributed by atoms with Crippen molar-refractivity contribution in [2.24, 2.45) is 11.7 Å². The zero-order valence-corrected chi connectivity index (χ0v) is 23.5. The van der Waals surface area contributed by atoms with Crippen LogP contribution in [0.4, 0.5) is 5.00 Å². The van der Waals surface area contributed by atoms with E-state index in [0.29, 0.717) is 49.0 Å². The van der Waals surface area contributed by atoms with Gasteiger partial charge in [0.25, 0.3) is 11.8 Å². The van der Waals surface area contributed by atoms with Gasteiger partial charge in [-0.1, -0.05) is 0 Å². The molecule has 0 saturated carbocycles. The van der Waals surface area contributed by atoms with Gasteiger partial charge < -0.3 is 15.8 Å². The highest BCUT2D eigenvalue weighted by molar-refractivity contribution is 7.89. The third-order valence-corrected chi connectivity index (χ3v) is 10.2. The lowest BCUT2D eigenvalue weighted by Crippen LogP contribution is -2.40. The largest absolute Gasteiger partial charge is 0.466 e. The lowest BCUT2D eigenvalue weighted by molar-refractivity contribution is -0.149. The number of carbonyl (C=O) groups is 3. The fraction of sp³-hybridized carbons (Fsp3) is 0.500. The van der Waals surface area contributed by atoms with Gasteiger partial charge in [-0.15, -0.1) is 11.3 Å². The Morgan fingerprint density at radius 2 is 1.79 bits per heavy atom. The molecule has 0 spiro atoms. The minimum Gasteiger partial charge on any atom is -0.466 e. The summed E-state index contributed by atoms with van der Waals surface area (Å²) < 4.78 is 32.7. The molecule has 0 unspecified atom stereocenters. The van der Waals surface area contributed by atoms with Gasteiger partial charge in [-0.05, 0) is 69.9 Å². The monoisotopic (exact) mass is 562 g/mol. The summed E-state index contributed by atoms with van der Waals surface area (Å²) in [6.07, 6.45) is 1.49. The SMILES string of the molecule is CCOC(=O)C1CCN(S(=O)(=O)c2ccc(C(=O)Nc3sc4c(c3C(N)=O)CCN(C(C)C)C4)cc2)CC1. The van der Waals surface area contributed by atoms with Crippen LogP contribution in [0.5, 0.6) is 0 Å². The number of thiophene rings is 1. The molecule has 2 aliphatic rings. The number of hydrogen-bond donors (Lipinski definition) is 2. The first kappa shape index (κ1) is 28.2. The van der Waals surface area contributed by atoms with Gasteiger partial charge in [0.05, 0.1) is 23.0 Å². The second-order valence-corrected chi connectivity index (χ2v) is 12.8. The molecule has 0 radical (unpaired) electrons. The van der Waals surface area contributed by atoms with E-state index in [9.17, 15) is 22.8 Å². The minimum atomic E-state index is -3.77. The smallest absolute Gasteiger partial charge is 0.309 e. The van der Waals surface area contributed by atoms with Crippen molar-refractivity contribution >= 4 is 44.1 Å². The number of esters is 1. The van der Waals surface area contributed by atoms with E-state index in [2.05, 4.69) is 24.1 Å². The third kappa shape index (κ3) is 5.78. The highest BCUT2D eigenvalue weighted by atomic mass is 32.2.